The molecule has 0 bridgehead atoms. The first-order valence-electron chi connectivity index (χ1n) is 4.74. The number of rotatable bonds is 3. The van der Waals surface area contributed by atoms with E-state index in [4.69, 9.17) is 5.73 Å². The molecule has 2 aromatic heterocycles. The fourth-order valence-corrected chi connectivity index (χ4v) is 2.31. The summed E-state index contributed by atoms with van der Waals surface area (Å²) in [6.07, 6.45) is 2.85. The Morgan fingerprint density at radius 2 is 1.82 bits per heavy atom. The monoisotopic (exact) mass is 250 g/mol. The lowest BCUT2D eigenvalue weighted by Gasteiger charge is -2.07. The number of anilines is 2. The van der Waals surface area contributed by atoms with Crippen LogP contribution in [-0.2, 0) is 10.0 Å². The summed E-state index contributed by atoms with van der Waals surface area (Å²) < 4.78 is 26.2. The zero-order valence-electron chi connectivity index (χ0n) is 8.74. The van der Waals surface area contributed by atoms with Crippen molar-refractivity contribution in [2.45, 2.75) is 5.03 Å². The number of sulfonamides is 1. The van der Waals surface area contributed by atoms with Crippen molar-refractivity contribution in [1.29, 1.82) is 0 Å². The van der Waals surface area contributed by atoms with Gasteiger partial charge >= 0.3 is 0 Å². The molecule has 6 nitrogen and oxygen atoms in total. The van der Waals surface area contributed by atoms with Crippen LogP contribution in [0.4, 0.5) is 11.5 Å². The lowest BCUT2D eigenvalue weighted by Crippen LogP contribution is -2.16. The molecule has 3 N–H and O–H groups in total. The van der Waals surface area contributed by atoms with Crippen LogP contribution in [0.15, 0.2) is 47.8 Å². The predicted molar refractivity (Wildman–Crippen MR) is 63.7 cm³/mol. The van der Waals surface area contributed by atoms with Gasteiger partial charge in [0.1, 0.15) is 5.82 Å². The molecule has 2 rings (SSSR count). The Labute approximate surface area is 98.6 Å². The summed E-state index contributed by atoms with van der Waals surface area (Å²) in [5, 5.41) is -0.203. The van der Waals surface area contributed by atoms with Gasteiger partial charge in [-0.1, -0.05) is 6.07 Å². The van der Waals surface area contributed by atoms with E-state index in [2.05, 4.69) is 14.7 Å². The lowest BCUT2D eigenvalue weighted by molar-refractivity contribution is 0.598. The Bertz CT molecular complexity index is 613. The standard InChI is InChI=1S/C10H10N4O2S/c11-8-4-3-7-13-10(8)17(15,16)14-9-5-1-2-6-12-9/h1-7H,11H2,(H,12,14). The molecule has 2 heterocycles. The third-order valence-corrected chi connectivity index (χ3v) is 3.29. The van der Waals surface area contributed by atoms with Crippen LogP contribution in [0.2, 0.25) is 0 Å². The largest absolute Gasteiger partial charge is 0.396 e. The number of pyridine rings is 2. The van der Waals surface area contributed by atoms with Crippen molar-refractivity contribution in [1.82, 2.24) is 9.97 Å². The zero-order valence-corrected chi connectivity index (χ0v) is 9.55. The van der Waals surface area contributed by atoms with Crippen molar-refractivity contribution in [3.8, 4) is 0 Å². The summed E-state index contributed by atoms with van der Waals surface area (Å²) in [6, 6.07) is 7.94. The summed E-state index contributed by atoms with van der Waals surface area (Å²) in [4.78, 5) is 7.60. The molecule has 0 saturated heterocycles. The van der Waals surface area contributed by atoms with Gasteiger partial charge in [-0.2, -0.15) is 8.42 Å². The van der Waals surface area contributed by atoms with E-state index in [-0.39, 0.29) is 16.5 Å². The summed E-state index contributed by atoms with van der Waals surface area (Å²) in [7, 11) is -3.79. The first-order valence-corrected chi connectivity index (χ1v) is 6.22. The van der Waals surface area contributed by atoms with Crippen LogP contribution in [-0.4, -0.2) is 18.4 Å². The van der Waals surface area contributed by atoms with Crippen LogP contribution in [0.3, 0.4) is 0 Å². The number of hydrogen-bond donors (Lipinski definition) is 2. The fourth-order valence-electron chi connectivity index (χ4n) is 1.24. The number of nitrogens with two attached hydrogens (primary N) is 1. The van der Waals surface area contributed by atoms with Crippen molar-refractivity contribution in [3.05, 3.63) is 42.7 Å². The first-order chi connectivity index (χ1) is 8.09. The lowest BCUT2D eigenvalue weighted by atomic mass is 10.4. The van der Waals surface area contributed by atoms with Crippen molar-refractivity contribution < 1.29 is 8.42 Å². The van der Waals surface area contributed by atoms with E-state index in [1.165, 1.54) is 24.5 Å². The van der Waals surface area contributed by atoms with Gasteiger partial charge in [-0.15, -0.1) is 0 Å². The maximum Gasteiger partial charge on any atom is 0.282 e. The number of nitrogens with one attached hydrogen (secondary N) is 1. The minimum absolute atomic E-state index is 0.0935. The molecule has 0 radical (unpaired) electrons. The van der Waals surface area contributed by atoms with E-state index < -0.39 is 10.0 Å². The third kappa shape index (κ3) is 2.51. The molecule has 88 valence electrons. The highest BCUT2D eigenvalue weighted by molar-refractivity contribution is 7.92. The quantitative estimate of drug-likeness (QED) is 0.841. The predicted octanol–water partition coefficient (Wildman–Crippen LogP) is 0.860. The topological polar surface area (TPSA) is 98.0 Å². The summed E-state index contributed by atoms with van der Waals surface area (Å²) >= 11 is 0. The smallest absolute Gasteiger partial charge is 0.282 e. The number of nitrogens with zero attached hydrogens (tertiary/aromatic N) is 2. The molecule has 0 amide bonds. The van der Waals surface area contributed by atoms with Crippen LogP contribution < -0.4 is 10.5 Å². The van der Waals surface area contributed by atoms with Gasteiger partial charge in [0.15, 0.2) is 5.03 Å². The van der Waals surface area contributed by atoms with Crippen LogP contribution in [0.25, 0.3) is 0 Å². The summed E-state index contributed by atoms with van der Waals surface area (Å²) in [6.45, 7) is 0. The number of aromatic nitrogens is 2. The Morgan fingerprint density at radius 3 is 2.47 bits per heavy atom. The van der Waals surface area contributed by atoms with Gasteiger partial charge in [0.2, 0.25) is 0 Å². The van der Waals surface area contributed by atoms with E-state index in [0.717, 1.165) is 0 Å². The van der Waals surface area contributed by atoms with Crippen molar-refractivity contribution in [3.63, 3.8) is 0 Å². The Kier molecular flexibility index (Phi) is 2.92. The molecule has 0 aromatic carbocycles. The fraction of sp³-hybridized carbons (Fsp3) is 0. The van der Waals surface area contributed by atoms with Gasteiger partial charge in [-0.05, 0) is 24.3 Å². The molecule has 0 aliphatic rings. The second kappa shape index (κ2) is 4.38. The maximum atomic E-state index is 11.9. The zero-order chi connectivity index (χ0) is 12.3. The van der Waals surface area contributed by atoms with Crippen LogP contribution in [0.5, 0.6) is 0 Å². The van der Waals surface area contributed by atoms with Crippen molar-refractivity contribution in [2.75, 3.05) is 10.5 Å². The minimum Gasteiger partial charge on any atom is -0.396 e. The molecule has 0 unspecified atom stereocenters. The van der Waals surface area contributed by atoms with Gasteiger partial charge in [0.05, 0.1) is 5.69 Å². The highest BCUT2D eigenvalue weighted by atomic mass is 32.2. The molecule has 17 heavy (non-hydrogen) atoms. The molecule has 0 saturated carbocycles. The molecule has 0 fully saturated rings. The van der Waals surface area contributed by atoms with Crippen LogP contribution in [0, 0.1) is 0 Å². The van der Waals surface area contributed by atoms with E-state index in [1.54, 1.807) is 18.2 Å². The van der Waals surface area contributed by atoms with Gasteiger partial charge in [-0.25, -0.2) is 9.97 Å². The van der Waals surface area contributed by atoms with Gasteiger partial charge < -0.3 is 5.73 Å². The molecule has 0 atom stereocenters. The molecule has 0 aliphatic heterocycles. The second-order valence-corrected chi connectivity index (χ2v) is 4.82. The average Bonchev–Trinajstić information content (AvgIpc) is 2.30. The number of nitrogen functional groups attached to an aromatic ring is 1. The van der Waals surface area contributed by atoms with E-state index in [1.807, 2.05) is 0 Å². The minimum atomic E-state index is -3.79. The summed E-state index contributed by atoms with van der Waals surface area (Å²) in [5.74, 6) is 0.220. The Balaban J connectivity index is 2.36. The molecular formula is C10H10N4O2S. The van der Waals surface area contributed by atoms with Gasteiger partial charge in [0.25, 0.3) is 10.0 Å². The molecule has 2 aromatic rings. The van der Waals surface area contributed by atoms with Gasteiger partial charge in [0, 0.05) is 12.4 Å². The molecule has 0 spiro atoms. The first kappa shape index (κ1) is 11.3. The highest BCUT2D eigenvalue weighted by Gasteiger charge is 2.19. The maximum absolute atomic E-state index is 11.9. The third-order valence-electron chi connectivity index (χ3n) is 1.96. The highest BCUT2D eigenvalue weighted by Crippen LogP contribution is 2.17. The van der Waals surface area contributed by atoms with Crippen molar-refractivity contribution in [2.24, 2.45) is 0 Å². The Hall–Kier alpha value is -2.15. The van der Waals surface area contributed by atoms with E-state index >= 15 is 0 Å². The van der Waals surface area contributed by atoms with Crippen LogP contribution >= 0.6 is 0 Å². The second-order valence-electron chi connectivity index (χ2n) is 3.22. The normalized spacial score (nSPS) is 11.1. The van der Waals surface area contributed by atoms with Gasteiger partial charge in [-0.3, -0.25) is 4.72 Å². The Morgan fingerprint density at radius 1 is 1.06 bits per heavy atom. The number of hydrogen-bond acceptors (Lipinski definition) is 5. The molecule has 0 aliphatic carbocycles. The SMILES string of the molecule is Nc1cccnc1S(=O)(=O)Nc1ccccn1. The van der Waals surface area contributed by atoms with E-state index in [9.17, 15) is 8.42 Å². The summed E-state index contributed by atoms with van der Waals surface area (Å²) in [5.41, 5.74) is 5.65. The molecule has 7 heteroatoms. The average molecular weight is 250 g/mol. The molecular weight excluding hydrogens is 240 g/mol. The van der Waals surface area contributed by atoms with E-state index in [0.29, 0.717) is 0 Å². The van der Waals surface area contributed by atoms with Crippen LogP contribution in [0.1, 0.15) is 0 Å². The van der Waals surface area contributed by atoms with Crippen molar-refractivity contribution >= 4 is 21.5 Å².